The summed E-state index contributed by atoms with van der Waals surface area (Å²) in [6.45, 7) is 0.137. The lowest BCUT2D eigenvalue weighted by molar-refractivity contribution is 0.266. The van der Waals surface area contributed by atoms with Crippen molar-refractivity contribution in [2.75, 3.05) is 24.3 Å². The number of aliphatic hydroxyl groups excluding tert-OH is 1. The van der Waals surface area contributed by atoms with Gasteiger partial charge in [-0.3, -0.25) is 0 Å². The van der Waals surface area contributed by atoms with Crippen LogP contribution in [-0.2, 0) is 0 Å². The zero-order valence-corrected chi connectivity index (χ0v) is 10.0. The molecule has 82 valence electrons. The number of aromatic nitrogens is 2. The zero-order valence-electron chi connectivity index (χ0n) is 8.42. The second-order valence-electron chi connectivity index (χ2n) is 3.70. The van der Waals surface area contributed by atoms with Crippen molar-refractivity contribution < 1.29 is 5.11 Å². The molecule has 0 bridgehead atoms. The van der Waals surface area contributed by atoms with Crippen LogP contribution in [0, 0.1) is 0 Å². The van der Waals surface area contributed by atoms with Gasteiger partial charge in [0.2, 0.25) is 0 Å². The molecule has 0 saturated heterocycles. The van der Waals surface area contributed by atoms with E-state index in [0.29, 0.717) is 0 Å². The largest absolute Gasteiger partial charge is 0.394 e. The van der Waals surface area contributed by atoms with Gasteiger partial charge < -0.3 is 15.7 Å². The molecule has 1 aliphatic rings. The lowest BCUT2D eigenvalue weighted by Gasteiger charge is -2.16. The maximum atomic E-state index is 9.20. The highest BCUT2D eigenvalue weighted by atomic mass is 79.9. The maximum Gasteiger partial charge on any atom is 0.146 e. The summed E-state index contributed by atoms with van der Waals surface area (Å²) >= 11 is 3.42. The van der Waals surface area contributed by atoms with Crippen molar-refractivity contribution in [1.82, 2.24) is 9.97 Å². The van der Waals surface area contributed by atoms with Crippen LogP contribution in [0.25, 0.3) is 0 Å². The van der Waals surface area contributed by atoms with Crippen molar-refractivity contribution in [3.05, 3.63) is 10.8 Å². The van der Waals surface area contributed by atoms with Gasteiger partial charge in [0.05, 0.1) is 12.1 Å². The minimum Gasteiger partial charge on any atom is -0.394 e. The van der Waals surface area contributed by atoms with Crippen LogP contribution in [0.5, 0.6) is 0 Å². The average Bonchev–Trinajstić information content (AvgIpc) is 3.02. The van der Waals surface area contributed by atoms with Crippen LogP contribution in [0.1, 0.15) is 12.8 Å². The summed E-state index contributed by atoms with van der Waals surface area (Å²) in [5.74, 6) is 1.46. The third-order valence-electron chi connectivity index (χ3n) is 2.57. The summed E-state index contributed by atoms with van der Waals surface area (Å²) in [5, 5.41) is 15.4. The van der Waals surface area contributed by atoms with Gasteiger partial charge in [-0.25, -0.2) is 9.97 Å². The second kappa shape index (κ2) is 3.94. The Hall–Kier alpha value is -0.880. The molecule has 0 aromatic carbocycles. The van der Waals surface area contributed by atoms with E-state index in [2.05, 4.69) is 36.5 Å². The predicted octanol–water partition coefficient (Wildman–Crippen LogP) is 1.22. The normalized spacial score (nSPS) is 17.3. The summed E-state index contributed by atoms with van der Waals surface area (Å²) in [4.78, 5) is 8.20. The molecule has 0 radical (unpaired) electrons. The van der Waals surface area contributed by atoms with Crippen LogP contribution in [0.4, 0.5) is 11.6 Å². The summed E-state index contributed by atoms with van der Waals surface area (Å²) in [7, 11) is 1.80. The van der Waals surface area contributed by atoms with E-state index < -0.39 is 0 Å². The number of hydrogen-bond donors (Lipinski definition) is 3. The first-order valence-electron chi connectivity index (χ1n) is 4.78. The molecule has 0 atom stereocenters. The lowest BCUT2D eigenvalue weighted by atomic mass is 10.3. The second-order valence-corrected chi connectivity index (χ2v) is 4.49. The Morgan fingerprint density at radius 3 is 2.67 bits per heavy atom. The predicted molar refractivity (Wildman–Crippen MR) is 62.0 cm³/mol. The van der Waals surface area contributed by atoms with Crippen LogP contribution in [-0.4, -0.2) is 34.3 Å². The molecule has 0 aliphatic heterocycles. The van der Waals surface area contributed by atoms with E-state index in [1.165, 1.54) is 6.33 Å². The van der Waals surface area contributed by atoms with E-state index in [1.807, 2.05) is 0 Å². The van der Waals surface area contributed by atoms with Crippen LogP contribution in [0.2, 0.25) is 0 Å². The highest BCUT2D eigenvalue weighted by molar-refractivity contribution is 9.10. The average molecular weight is 273 g/mol. The van der Waals surface area contributed by atoms with Crippen molar-refractivity contribution in [2.24, 2.45) is 0 Å². The van der Waals surface area contributed by atoms with Crippen LogP contribution in [0.15, 0.2) is 10.8 Å². The molecule has 0 amide bonds. The molecule has 1 aliphatic carbocycles. The Morgan fingerprint density at radius 1 is 1.47 bits per heavy atom. The van der Waals surface area contributed by atoms with Crippen molar-refractivity contribution in [1.29, 1.82) is 0 Å². The Kier molecular flexibility index (Phi) is 2.79. The Labute approximate surface area is 96.5 Å². The lowest BCUT2D eigenvalue weighted by Crippen LogP contribution is -2.26. The van der Waals surface area contributed by atoms with Gasteiger partial charge in [0.25, 0.3) is 0 Å². The van der Waals surface area contributed by atoms with Crippen LogP contribution in [0.3, 0.4) is 0 Å². The van der Waals surface area contributed by atoms with Crippen molar-refractivity contribution in [3.8, 4) is 0 Å². The number of hydrogen-bond acceptors (Lipinski definition) is 5. The van der Waals surface area contributed by atoms with E-state index in [4.69, 9.17) is 0 Å². The molecular weight excluding hydrogens is 260 g/mol. The highest BCUT2D eigenvalue weighted by Gasteiger charge is 2.42. The van der Waals surface area contributed by atoms with Gasteiger partial charge in [0.15, 0.2) is 0 Å². The molecule has 0 spiro atoms. The Morgan fingerprint density at radius 2 is 2.13 bits per heavy atom. The minimum atomic E-state index is -0.165. The Balaban J connectivity index is 2.21. The van der Waals surface area contributed by atoms with E-state index in [1.54, 1.807) is 7.05 Å². The Bertz CT molecular complexity index is 367. The van der Waals surface area contributed by atoms with E-state index in [0.717, 1.165) is 29.0 Å². The van der Waals surface area contributed by atoms with E-state index in [-0.39, 0.29) is 12.1 Å². The summed E-state index contributed by atoms with van der Waals surface area (Å²) in [6.07, 6.45) is 3.45. The van der Waals surface area contributed by atoms with E-state index in [9.17, 15) is 5.11 Å². The highest BCUT2D eigenvalue weighted by Crippen LogP contribution is 2.40. The molecular formula is C9H13BrN4O. The molecule has 1 aromatic heterocycles. The minimum absolute atomic E-state index is 0.137. The first kappa shape index (κ1) is 10.6. The fraction of sp³-hybridized carbons (Fsp3) is 0.556. The van der Waals surface area contributed by atoms with Gasteiger partial charge >= 0.3 is 0 Å². The first-order chi connectivity index (χ1) is 7.21. The standard InChI is InChI=1S/C9H13BrN4O/c1-11-7-6(10)8(13-5-12-7)14-9(4-15)2-3-9/h5,15H,2-4H2,1H3,(H2,11,12,13,14). The molecule has 3 N–H and O–H groups in total. The SMILES string of the molecule is CNc1ncnc(NC2(CO)CC2)c1Br. The molecule has 1 saturated carbocycles. The molecule has 6 heteroatoms. The molecule has 1 heterocycles. The van der Waals surface area contributed by atoms with Gasteiger partial charge in [-0.2, -0.15) is 0 Å². The maximum absolute atomic E-state index is 9.20. The summed E-state index contributed by atoms with van der Waals surface area (Å²) in [6, 6.07) is 0. The smallest absolute Gasteiger partial charge is 0.146 e. The fourth-order valence-electron chi connectivity index (χ4n) is 1.36. The zero-order chi connectivity index (χ0) is 10.9. The van der Waals surface area contributed by atoms with Gasteiger partial charge in [-0.1, -0.05) is 0 Å². The summed E-state index contributed by atoms with van der Waals surface area (Å²) in [5.41, 5.74) is -0.165. The third-order valence-corrected chi connectivity index (χ3v) is 3.32. The molecule has 1 aromatic rings. The van der Waals surface area contributed by atoms with Gasteiger partial charge in [0.1, 0.15) is 22.4 Å². The van der Waals surface area contributed by atoms with E-state index >= 15 is 0 Å². The monoisotopic (exact) mass is 272 g/mol. The van der Waals surface area contributed by atoms with Gasteiger partial charge in [-0.05, 0) is 28.8 Å². The topological polar surface area (TPSA) is 70.1 Å². The van der Waals surface area contributed by atoms with Crippen molar-refractivity contribution in [3.63, 3.8) is 0 Å². The van der Waals surface area contributed by atoms with Gasteiger partial charge in [0, 0.05) is 7.05 Å². The number of nitrogens with zero attached hydrogens (tertiary/aromatic N) is 2. The van der Waals surface area contributed by atoms with Crippen molar-refractivity contribution in [2.45, 2.75) is 18.4 Å². The number of aliphatic hydroxyl groups is 1. The van der Waals surface area contributed by atoms with Crippen LogP contribution >= 0.6 is 15.9 Å². The summed E-state index contributed by atoms with van der Waals surface area (Å²) < 4.78 is 0.798. The molecule has 15 heavy (non-hydrogen) atoms. The first-order valence-corrected chi connectivity index (χ1v) is 5.57. The fourth-order valence-corrected chi connectivity index (χ4v) is 1.86. The number of halogens is 1. The quantitative estimate of drug-likeness (QED) is 0.769. The molecule has 2 rings (SSSR count). The van der Waals surface area contributed by atoms with Crippen molar-refractivity contribution >= 4 is 27.6 Å². The molecule has 5 nitrogen and oxygen atoms in total. The number of anilines is 2. The van der Waals surface area contributed by atoms with Crippen LogP contribution < -0.4 is 10.6 Å². The number of nitrogens with one attached hydrogen (secondary N) is 2. The molecule has 0 unspecified atom stereocenters. The number of rotatable bonds is 4. The third kappa shape index (κ3) is 2.05. The molecule has 1 fully saturated rings. The van der Waals surface area contributed by atoms with Gasteiger partial charge in [-0.15, -0.1) is 0 Å².